The van der Waals surface area contributed by atoms with Crippen molar-refractivity contribution in [2.24, 2.45) is 10.7 Å². The molecule has 0 saturated carbocycles. The maximum absolute atomic E-state index is 5.75. The highest BCUT2D eigenvalue weighted by Gasteiger charge is 2.13. The minimum Gasteiger partial charge on any atom is -0.382 e. The van der Waals surface area contributed by atoms with Gasteiger partial charge in [-0.15, -0.1) is 0 Å². The zero-order chi connectivity index (χ0) is 9.26. The minimum atomic E-state index is 0.574. The van der Waals surface area contributed by atoms with Crippen molar-refractivity contribution in [2.75, 3.05) is 12.1 Å². The molecule has 70 valence electrons. The number of fused-ring (bicyclic) bond motifs is 1. The van der Waals surface area contributed by atoms with E-state index in [0.29, 0.717) is 12.5 Å². The van der Waals surface area contributed by atoms with Gasteiger partial charge in [0.2, 0.25) is 0 Å². The first kappa shape index (κ1) is 8.16. The van der Waals surface area contributed by atoms with E-state index in [4.69, 9.17) is 5.73 Å². The first-order valence-corrected chi connectivity index (χ1v) is 4.57. The molecule has 0 fully saturated rings. The van der Waals surface area contributed by atoms with Crippen LogP contribution in [0, 0.1) is 0 Å². The highest BCUT2D eigenvalue weighted by molar-refractivity contribution is 5.96. The first-order chi connectivity index (χ1) is 6.33. The predicted molar refractivity (Wildman–Crippen MR) is 53.4 cm³/mol. The second-order valence-corrected chi connectivity index (χ2v) is 3.15. The molecule has 1 aromatic heterocycles. The van der Waals surface area contributed by atoms with Crippen LogP contribution >= 0.6 is 0 Å². The van der Waals surface area contributed by atoms with Crippen molar-refractivity contribution >= 4 is 5.84 Å². The fourth-order valence-corrected chi connectivity index (χ4v) is 1.59. The number of hydrogen-bond donors (Lipinski definition) is 2. The van der Waals surface area contributed by atoms with Gasteiger partial charge in [-0.1, -0.05) is 13.3 Å². The lowest BCUT2D eigenvalue weighted by atomic mass is 10.3. The molecular weight excluding hydrogens is 164 g/mol. The summed E-state index contributed by atoms with van der Waals surface area (Å²) >= 11 is 0. The standard InChI is InChI=1S/C9H14N4/c1-2-3-7-4-5-8-9(10)11-6-12-13(7)8/h4-5,12H,2-3,6H2,1H3,(H2,10,11). The van der Waals surface area contributed by atoms with Crippen molar-refractivity contribution in [1.29, 1.82) is 0 Å². The lowest BCUT2D eigenvalue weighted by molar-refractivity contribution is 0.745. The number of nitrogens with one attached hydrogen (secondary N) is 1. The average molecular weight is 178 g/mol. The van der Waals surface area contributed by atoms with E-state index < -0.39 is 0 Å². The minimum absolute atomic E-state index is 0.574. The third kappa shape index (κ3) is 1.28. The van der Waals surface area contributed by atoms with Crippen molar-refractivity contribution in [3.8, 4) is 0 Å². The molecule has 0 atom stereocenters. The van der Waals surface area contributed by atoms with Gasteiger partial charge in [0.15, 0.2) is 0 Å². The fourth-order valence-electron chi connectivity index (χ4n) is 1.59. The van der Waals surface area contributed by atoms with Gasteiger partial charge in [0.25, 0.3) is 0 Å². The number of aryl methyl sites for hydroxylation is 1. The van der Waals surface area contributed by atoms with Gasteiger partial charge in [-0.25, -0.2) is 4.99 Å². The highest BCUT2D eigenvalue weighted by atomic mass is 15.5. The summed E-state index contributed by atoms with van der Waals surface area (Å²) in [5.74, 6) is 0.626. The molecule has 0 aromatic carbocycles. The van der Waals surface area contributed by atoms with Crippen LogP contribution in [0.25, 0.3) is 0 Å². The monoisotopic (exact) mass is 178 g/mol. The smallest absolute Gasteiger partial charge is 0.146 e. The molecular formula is C9H14N4. The second kappa shape index (κ2) is 3.12. The van der Waals surface area contributed by atoms with Gasteiger partial charge in [-0.3, -0.25) is 4.68 Å². The van der Waals surface area contributed by atoms with Gasteiger partial charge < -0.3 is 11.2 Å². The van der Waals surface area contributed by atoms with Crippen LogP contribution in [0.15, 0.2) is 17.1 Å². The summed E-state index contributed by atoms with van der Waals surface area (Å²) in [7, 11) is 0. The topological polar surface area (TPSA) is 55.3 Å². The van der Waals surface area contributed by atoms with Gasteiger partial charge in [0.1, 0.15) is 18.2 Å². The quantitative estimate of drug-likeness (QED) is 0.699. The molecule has 1 aliphatic heterocycles. The molecule has 0 aliphatic carbocycles. The fraction of sp³-hybridized carbons (Fsp3) is 0.444. The summed E-state index contributed by atoms with van der Waals surface area (Å²) in [6.07, 6.45) is 2.21. The van der Waals surface area contributed by atoms with E-state index in [1.54, 1.807) is 0 Å². The van der Waals surface area contributed by atoms with E-state index in [2.05, 4.69) is 23.4 Å². The zero-order valence-electron chi connectivity index (χ0n) is 7.75. The number of hydrogen-bond acceptors (Lipinski definition) is 3. The van der Waals surface area contributed by atoms with Crippen molar-refractivity contribution in [2.45, 2.75) is 19.8 Å². The molecule has 0 saturated heterocycles. The Bertz CT molecular complexity index is 337. The number of amidine groups is 1. The molecule has 0 bridgehead atoms. The van der Waals surface area contributed by atoms with E-state index >= 15 is 0 Å². The Balaban J connectivity index is 2.38. The van der Waals surface area contributed by atoms with E-state index in [-0.39, 0.29) is 0 Å². The molecule has 2 rings (SSSR count). The molecule has 1 aromatic rings. The summed E-state index contributed by atoms with van der Waals surface area (Å²) in [6, 6.07) is 4.11. The van der Waals surface area contributed by atoms with Crippen LogP contribution in [0.2, 0.25) is 0 Å². The Labute approximate surface area is 77.4 Å². The van der Waals surface area contributed by atoms with Gasteiger partial charge in [-0.05, 0) is 18.6 Å². The summed E-state index contributed by atoms with van der Waals surface area (Å²) in [5.41, 5.74) is 11.2. The molecule has 0 spiro atoms. The molecule has 2 heterocycles. The molecule has 3 N–H and O–H groups in total. The van der Waals surface area contributed by atoms with Crippen LogP contribution in [-0.2, 0) is 6.42 Å². The van der Waals surface area contributed by atoms with Gasteiger partial charge >= 0.3 is 0 Å². The maximum Gasteiger partial charge on any atom is 0.146 e. The molecule has 4 nitrogen and oxygen atoms in total. The SMILES string of the molecule is CCCc1ccc2n1NCN=C2N. The summed E-state index contributed by atoms with van der Waals surface area (Å²) in [5, 5.41) is 0. The van der Waals surface area contributed by atoms with E-state index in [1.165, 1.54) is 5.69 Å². The Morgan fingerprint density at radius 3 is 3.23 bits per heavy atom. The van der Waals surface area contributed by atoms with E-state index in [9.17, 15) is 0 Å². The predicted octanol–water partition coefficient (Wildman–Crippen LogP) is 0.661. The maximum atomic E-state index is 5.75. The van der Waals surface area contributed by atoms with Gasteiger partial charge in [0.05, 0.1) is 0 Å². The third-order valence-electron chi connectivity index (χ3n) is 2.21. The van der Waals surface area contributed by atoms with E-state index in [1.807, 2.05) is 10.7 Å². The van der Waals surface area contributed by atoms with Crippen molar-refractivity contribution in [3.63, 3.8) is 0 Å². The summed E-state index contributed by atoms with van der Waals surface area (Å²) < 4.78 is 2.03. The second-order valence-electron chi connectivity index (χ2n) is 3.15. The largest absolute Gasteiger partial charge is 0.382 e. The molecule has 0 radical (unpaired) electrons. The van der Waals surface area contributed by atoms with Crippen LogP contribution in [-0.4, -0.2) is 17.2 Å². The van der Waals surface area contributed by atoms with E-state index in [0.717, 1.165) is 18.5 Å². The summed E-state index contributed by atoms with van der Waals surface area (Å²) in [4.78, 5) is 4.11. The average Bonchev–Trinajstić information content (AvgIpc) is 2.51. The molecule has 4 heteroatoms. The lowest BCUT2D eigenvalue weighted by Crippen LogP contribution is -2.31. The summed E-state index contributed by atoms with van der Waals surface area (Å²) in [6.45, 7) is 2.74. The zero-order valence-corrected chi connectivity index (χ0v) is 7.75. The van der Waals surface area contributed by atoms with Gasteiger partial charge in [0, 0.05) is 5.69 Å². The normalized spacial score (nSPS) is 14.7. The van der Waals surface area contributed by atoms with Crippen LogP contribution < -0.4 is 11.2 Å². The van der Waals surface area contributed by atoms with Gasteiger partial charge in [-0.2, -0.15) is 0 Å². The molecule has 0 amide bonds. The number of nitrogens with two attached hydrogens (primary N) is 1. The van der Waals surface area contributed by atoms with Crippen LogP contribution in [0.3, 0.4) is 0 Å². The number of rotatable bonds is 2. The van der Waals surface area contributed by atoms with Crippen LogP contribution in [0.1, 0.15) is 24.7 Å². The molecule has 1 aliphatic rings. The number of aromatic nitrogens is 1. The Morgan fingerprint density at radius 1 is 1.62 bits per heavy atom. The number of nitrogens with zero attached hydrogens (tertiary/aromatic N) is 2. The molecule has 0 unspecified atom stereocenters. The van der Waals surface area contributed by atoms with Crippen LogP contribution in [0.4, 0.5) is 0 Å². The van der Waals surface area contributed by atoms with Crippen molar-refractivity contribution in [1.82, 2.24) is 4.68 Å². The first-order valence-electron chi connectivity index (χ1n) is 4.57. The van der Waals surface area contributed by atoms with Crippen LogP contribution in [0.5, 0.6) is 0 Å². The van der Waals surface area contributed by atoms with Crippen molar-refractivity contribution in [3.05, 3.63) is 23.5 Å². The van der Waals surface area contributed by atoms with Crippen molar-refractivity contribution < 1.29 is 0 Å². The molecule has 13 heavy (non-hydrogen) atoms. The third-order valence-corrected chi connectivity index (χ3v) is 2.21. The number of aliphatic imine (C=N–C) groups is 1. The lowest BCUT2D eigenvalue weighted by Gasteiger charge is -2.18. The Morgan fingerprint density at radius 2 is 2.46 bits per heavy atom. The Hall–Kier alpha value is -1.45. The highest BCUT2D eigenvalue weighted by Crippen LogP contribution is 2.11. The Kier molecular flexibility index (Phi) is 1.96.